The van der Waals surface area contributed by atoms with Crippen LogP contribution in [0.2, 0.25) is 0 Å². The Kier molecular flexibility index (Phi) is 11.0. The lowest BCUT2D eigenvalue weighted by Crippen LogP contribution is -2.65. The highest BCUT2D eigenvalue weighted by Gasteiger charge is 2.55. The first-order valence-corrected chi connectivity index (χ1v) is 8.90. The van der Waals surface area contributed by atoms with E-state index in [-0.39, 0.29) is 0 Å². The van der Waals surface area contributed by atoms with Crippen LogP contribution in [0, 0.1) is 0 Å². The fourth-order valence-electron chi connectivity index (χ4n) is 2.61. The Labute approximate surface area is 173 Å². The monoisotopic (exact) mass is 436 g/mol. The van der Waals surface area contributed by atoms with Crippen molar-refractivity contribution in [3.63, 3.8) is 0 Å². The van der Waals surface area contributed by atoms with Crippen molar-refractivity contribution in [1.82, 2.24) is 0 Å². The molecule has 0 spiro atoms. The number of carbonyl (C=O) groups excluding carboxylic acids is 5. The molecule has 30 heavy (non-hydrogen) atoms. The molecule has 0 aromatic carbocycles. The van der Waals surface area contributed by atoms with Gasteiger partial charge >= 0.3 is 29.8 Å². The van der Waals surface area contributed by atoms with E-state index in [0.717, 1.165) is 34.6 Å². The number of ether oxygens (including phenoxy) is 5. The highest BCUT2D eigenvalue weighted by atomic mass is 16.6. The van der Waals surface area contributed by atoms with E-state index in [2.05, 4.69) is 0 Å². The first kappa shape index (κ1) is 27.3. The van der Waals surface area contributed by atoms with Gasteiger partial charge in [0.15, 0.2) is 23.9 Å². The maximum absolute atomic E-state index is 11.7. The summed E-state index contributed by atoms with van der Waals surface area (Å²) in [6.07, 6.45) is -6.52. The standard InChI is InChI=1S/C18H28O12/c1-9(27-11(3)21)16(29-13(5)23)17(30-14(6)24)18(25,8-19)15(28-12(4)22)7-26-10(2)20/h9,15-17,19,25H,7-8H2,1-6H3. The van der Waals surface area contributed by atoms with E-state index >= 15 is 0 Å². The molecule has 172 valence electrons. The Morgan fingerprint density at radius 3 is 1.60 bits per heavy atom. The second kappa shape index (κ2) is 12.1. The Bertz CT molecular complexity index is 645. The first-order chi connectivity index (χ1) is 13.7. The van der Waals surface area contributed by atoms with E-state index in [1.807, 2.05) is 0 Å². The van der Waals surface area contributed by atoms with Crippen LogP contribution >= 0.6 is 0 Å². The van der Waals surface area contributed by atoms with Crippen molar-refractivity contribution in [1.29, 1.82) is 0 Å². The molecule has 0 fully saturated rings. The zero-order valence-corrected chi connectivity index (χ0v) is 17.7. The summed E-state index contributed by atoms with van der Waals surface area (Å²) in [6, 6.07) is 0. The number of hydrogen-bond acceptors (Lipinski definition) is 12. The topological polar surface area (TPSA) is 172 Å². The summed E-state index contributed by atoms with van der Waals surface area (Å²) in [5, 5.41) is 21.1. The van der Waals surface area contributed by atoms with Crippen molar-refractivity contribution in [3.05, 3.63) is 0 Å². The van der Waals surface area contributed by atoms with Crippen molar-refractivity contribution in [2.75, 3.05) is 13.2 Å². The highest BCUT2D eigenvalue weighted by Crippen LogP contribution is 2.29. The molecular formula is C18H28O12. The highest BCUT2D eigenvalue weighted by molar-refractivity contribution is 5.69. The lowest BCUT2D eigenvalue weighted by Gasteiger charge is -2.42. The van der Waals surface area contributed by atoms with E-state index in [1.54, 1.807) is 0 Å². The van der Waals surface area contributed by atoms with Gasteiger partial charge in [-0.15, -0.1) is 0 Å². The number of rotatable bonds is 11. The van der Waals surface area contributed by atoms with Crippen molar-refractivity contribution in [3.8, 4) is 0 Å². The van der Waals surface area contributed by atoms with Crippen LogP contribution in [0.1, 0.15) is 41.5 Å². The average molecular weight is 436 g/mol. The number of carbonyl (C=O) groups is 5. The normalized spacial score (nSPS) is 16.7. The molecule has 12 heteroatoms. The molecule has 0 saturated heterocycles. The van der Waals surface area contributed by atoms with Crippen LogP contribution in [-0.2, 0) is 47.7 Å². The predicted octanol–water partition coefficient (Wildman–Crippen LogP) is -0.980. The number of aliphatic hydroxyl groups excluding tert-OH is 1. The third-order valence-corrected chi connectivity index (χ3v) is 3.76. The van der Waals surface area contributed by atoms with Crippen LogP contribution in [0.15, 0.2) is 0 Å². The Morgan fingerprint density at radius 1 is 0.767 bits per heavy atom. The van der Waals surface area contributed by atoms with Gasteiger partial charge in [0.05, 0.1) is 6.61 Å². The molecule has 0 aliphatic heterocycles. The molecule has 0 bridgehead atoms. The zero-order valence-electron chi connectivity index (χ0n) is 17.7. The molecule has 0 rings (SSSR count). The largest absolute Gasteiger partial charge is 0.462 e. The van der Waals surface area contributed by atoms with E-state index < -0.39 is 73.1 Å². The molecule has 0 saturated carbocycles. The van der Waals surface area contributed by atoms with Crippen LogP contribution in [-0.4, -0.2) is 83.3 Å². The van der Waals surface area contributed by atoms with Crippen molar-refractivity contribution >= 4 is 29.8 Å². The zero-order chi connectivity index (χ0) is 23.6. The van der Waals surface area contributed by atoms with Gasteiger partial charge in [0.2, 0.25) is 0 Å². The van der Waals surface area contributed by atoms with Gasteiger partial charge in [-0.25, -0.2) is 0 Å². The van der Waals surface area contributed by atoms with Gasteiger partial charge in [0, 0.05) is 34.6 Å². The summed E-state index contributed by atoms with van der Waals surface area (Å²) in [6.45, 7) is 4.48. The first-order valence-electron chi connectivity index (χ1n) is 8.90. The van der Waals surface area contributed by atoms with E-state index in [4.69, 9.17) is 23.7 Å². The van der Waals surface area contributed by atoms with Gasteiger partial charge in [-0.2, -0.15) is 0 Å². The van der Waals surface area contributed by atoms with Crippen LogP contribution in [0.3, 0.4) is 0 Å². The molecule has 0 aromatic rings. The minimum Gasteiger partial charge on any atom is -0.462 e. The molecule has 5 atom stereocenters. The second-order valence-electron chi connectivity index (χ2n) is 6.47. The molecule has 0 aliphatic rings. The SMILES string of the molecule is CC(=O)OCC(OC(C)=O)C(O)(CO)C(OC(C)=O)C(OC(C)=O)C(C)OC(C)=O. The summed E-state index contributed by atoms with van der Waals surface area (Å²) in [7, 11) is 0. The van der Waals surface area contributed by atoms with Gasteiger partial charge in [-0.1, -0.05) is 0 Å². The molecule has 0 aliphatic carbocycles. The molecule has 12 nitrogen and oxygen atoms in total. The maximum Gasteiger partial charge on any atom is 0.303 e. The van der Waals surface area contributed by atoms with Crippen molar-refractivity contribution < 1.29 is 57.9 Å². The van der Waals surface area contributed by atoms with Gasteiger partial charge in [0.1, 0.15) is 12.7 Å². The number of hydrogen-bond donors (Lipinski definition) is 2. The quantitative estimate of drug-likeness (QED) is 0.300. The summed E-state index contributed by atoms with van der Waals surface area (Å²) in [5.41, 5.74) is -2.62. The summed E-state index contributed by atoms with van der Waals surface area (Å²) < 4.78 is 24.9. The smallest absolute Gasteiger partial charge is 0.303 e. The average Bonchev–Trinajstić information content (AvgIpc) is 2.59. The predicted molar refractivity (Wildman–Crippen MR) is 96.6 cm³/mol. The minimum absolute atomic E-state index is 0.724. The van der Waals surface area contributed by atoms with Crippen LogP contribution < -0.4 is 0 Å². The molecule has 0 radical (unpaired) electrons. The summed E-state index contributed by atoms with van der Waals surface area (Å²) in [5.74, 6) is -4.34. The lowest BCUT2D eigenvalue weighted by molar-refractivity contribution is -0.240. The molecule has 0 amide bonds. The van der Waals surface area contributed by atoms with Crippen LogP contribution in [0.5, 0.6) is 0 Å². The van der Waals surface area contributed by atoms with E-state index in [1.165, 1.54) is 6.92 Å². The Morgan fingerprint density at radius 2 is 1.23 bits per heavy atom. The van der Waals surface area contributed by atoms with E-state index in [0.29, 0.717) is 0 Å². The minimum atomic E-state index is -2.62. The van der Waals surface area contributed by atoms with Crippen LogP contribution in [0.4, 0.5) is 0 Å². The summed E-state index contributed by atoms with van der Waals surface area (Å²) in [4.78, 5) is 57.4. The fourth-order valence-corrected chi connectivity index (χ4v) is 2.61. The third kappa shape index (κ3) is 8.74. The molecule has 0 heterocycles. The van der Waals surface area contributed by atoms with Gasteiger partial charge in [-0.3, -0.25) is 24.0 Å². The molecule has 5 unspecified atom stereocenters. The Hall–Kier alpha value is -2.73. The third-order valence-electron chi connectivity index (χ3n) is 3.76. The number of esters is 5. The Balaban J connectivity index is 6.39. The van der Waals surface area contributed by atoms with Gasteiger partial charge < -0.3 is 33.9 Å². The molecule has 2 N–H and O–H groups in total. The maximum atomic E-state index is 11.7. The van der Waals surface area contributed by atoms with Gasteiger partial charge in [-0.05, 0) is 6.92 Å². The fraction of sp³-hybridized carbons (Fsp3) is 0.722. The summed E-state index contributed by atoms with van der Waals surface area (Å²) >= 11 is 0. The van der Waals surface area contributed by atoms with E-state index in [9.17, 15) is 34.2 Å². The van der Waals surface area contributed by atoms with Crippen LogP contribution in [0.25, 0.3) is 0 Å². The second-order valence-corrected chi connectivity index (χ2v) is 6.47. The number of aliphatic hydroxyl groups is 2. The van der Waals surface area contributed by atoms with Gasteiger partial charge in [0.25, 0.3) is 0 Å². The van der Waals surface area contributed by atoms with Crippen molar-refractivity contribution in [2.24, 2.45) is 0 Å². The molecule has 0 aromatic heterocycles. The van der Waals surface area contributed by atoms with Crippen molar-refractivity contribution in [2.45, 2.75) is 71.6 Å². The lowest BCUT2D eigenvalue weighted by atomic mass is 9.85. The molecular weight excluding hydrogens is 408 g/mol.